The largest absolute Gasteiger partial charge is 0.288 e. The molecule has 4 aromatic heterocycles. The first-order valence-electron chi connectivity index (χ1n) is 37.7. The maximum Gasteiger partial charge on any atom is 0.199 e. The van der Waals surface area contributed by atoms with Crippen LogP contribution in [0, 0.1) is 17.9 Å². The maximum atomic E-state index is 14.1. The molecule has 0 N–H and O–H groups in total. The van der Waals surface area contributed by atoms with E-state index in [0.717, 1.165) is 70.2 Å². The van der Waals surface area contributed by atoms with Crippen molar-refractivity contribution in [3.8, 4) is 27.0 Å². The van der Waals surface area contributed by atoms with E-state index in [0.29, 0.717) is 37.0 Å². The van der Waals surface area contributed by atoms with Crippen molar-refractivity contribution < 1.29 is 19.2 Å². The summed E-state index contributed by atoms with van der Waals surface area (Å²) in [5, 5.41) is 9.73. The van der Waals surface area contributed by atoms with E-state index in [1.165, 1.54) is 187 Å². The Labute approximate surface area is 627 Å². The summed E-state index contributed by atoms with van der Waals surface area (Å²) in [6.07, 6.45) is 27.5. The van der Waals surface area contributed by atoms with Crippen LogP contribution in [0.1, 0.15) is 254 Å². The minimum absolute atomic E-state index is 0.155. The molecule has 4 aliphatic carbocycles. The lowest BCUT2D eigenvalue weighted by atomic mass is 9.65. The van der Waals surface area contributed by atoms with Crippen molar-refractivity contribution in [1.29, 1.82) is 5.26 Å². The van der Waals surface area contributed by atoms with E-state index in [2.05, 4.69) is 172 Å². The first-order valence-corrected chi connectivity index (χ1v) is 40.9. The molecule has 6 nitrogen and oxygen atoms in total. The van der Waals surface area contributed by atoms with E-state index in [1.54, 1.807) is 36.4 Å². The number of ketones is 4. The lowest BCUT2D eigenvalue weighted by Gasteiger charge is -2.35. The molecule has 104 heavy (non-hydrogen) atoms. The Balaban J connectivity index is 0.970. The average molecular weight is 1430 g/mol. The molecule has 0 fully saturated rings. The topological polar surface area (TPSA) is 96.4 Å². The molecule has 0 saturated heterocycles. The average Bonchev–Trinajstić information content (AvgIpc) is 1.50. The van der Waals surface area contributed by atoms with Crippen LogP contribution in [0.5, 0.6) is 0 Å². The molecule has 4 heterocycles. The van der Waals surface area contributed by atoms with Crippen LogP contribution in [-0.4, -0.2) is 23.1 Å². The van der Waals surface area contributed by atoms with Crippen LogP contribution in [0.25, 0.3) is 49.0 Å². The maximum absolute atomic E-state index is 14.1. The molecule has 0 saturated carbocycles. The van der Waals surface area contributed by atoms with Gasteiger partial charge in [-0.15, -0.1) is 45.3 Å². The Morgan fingerprint density at radius 2 is 0.721 bits per heavy atom. The van der Waals surface area contributed by atoms with Crippen LogP contribution < -0.4 is 18.1 Å². The van der Waals surface area contributed by atoms with E-state index in [9.17, 15) is 24.4 Å². The fourth-order valence-corrected chi connectivity index (χ4v) is 21.2. The van der Waals surface area contributed by atoms with Crippen LogP contribution in [0.2, 0.25) is 0 Å². The van der Waals surface area contributed by atoms with E-state index >= 15 is 0 Å². The summed E-state index contributed by atoms with van der Waals surface area (Å²) in [7, 11) is 0. The zero-order chi connectivity index (χ0) is 71.6. The number of benzene rings is 7. The Morgan fingerprint density at radius 3 is 1.08 bits per heavy atom. The molecule has 0 spiro atoms. The highest BCUT2D eigenvalue weighted by Gasteiger charge is 2.53. The first-order chi connectivity index (χ1) is 50.9. The van der Waals surface area contributed by atoms with Gasteiger partial charge in [-0.1, -0.05) is 214 Å². The lowest BCUT2D eigenvalue weighted by molar-refractivity contribution is 0.101. The Morgan fingerprint density at radius 1 is 0.365 bits per heavy atom. The van der Waals surface area contributed by atoms with Crippen molar-refractivity contribution in [2.75, 3.05) is 0 Å². The summed E-state index contributed by atoms with van der Waals surface area (Å²) >= 11 is 6.53. The minimum Gasteiger partial charge on any atom is -0.288 e. The number of thiophene rings is 4. The van der Waals surface area contributed by atoms with Crippen molar-refractivity contribution in [3.05, 3.63) is 316 Å². The van der Waals surface area contributed by atoms with E-state index in [4.69, 9.17) is 6.57 Å². The number of nitriles is 1. The molecule has 0 amide bonds. The van der Waals surface area contributed by atoms with Gasteiger partial charge in [0.05, 0.1) is 40.2 Å². The van der Waals surface area contributed by atoms with Crippen LogP contribution >= 0.6 is 45.3 Å². The van der Waals surface area contributed by atoms with Crippen molar-refractivity contribution >= 4 is 97.5 Å². The van der Waals surface area contributed by atoms with Crippen LogP contribution in [0.3, 0.4) is 0 Å². The number of Topliss-reactive ketones (excluding diaryl/α,β-unsaturated/α-hetero) is 4. The van der Waals surface area contributed by atoms with Crippen molar-refractivity contribution in [3.63, 3.8) is 0 Å². The molecule has 4 aliphatic rings. The smallest absolute Gasteiger partial charge is 0.199 e. The first kappa shape index (κ1) is 70.2. The zero-order valence-electron chi connectivity index (χ0n) is 59.8. The van der Waals surface area contributed by atoms with E-state index in [-0.39, 0.29) is 39.8 Å². The van der Waals surface area contributed by atoms with Gasteiger partial charge in [0.1, 0.15) is 0 Å². The second-order valence-electron chi connectivity index (χ2n) is 28.7. The van der Waals surface area contributed by atoms with Gasteiger partial charge >= 0.3 is 0 Å². The quantitative estimate of drug-likeness (QED) is 0.0397. The van der Waals surface area contributed by atoms with Gasteiger partial charge in [-0.2, -0.15) is 5.26 Å². The number of fused-ring (bicyclic) bond motifs is 8. The number of nitrogens with zero attached hydrogens (tertiary/aromatic N) is 2. The van der Waals surface area contributed by atoms with Gasteiger partial charge in [0.25, 0.3) is 0 Å². The monoisotopic (exact) mass is 1430 g/mol. The molecule has 0 atom stereocenters. The molecular weight excluding hydrogens is 1350 g/mol. The zero-order valence-corrected chi connectivity index (χ0v) is 63.0. The number of hydrogen-bond acceptors (Lipinski definition) is 9. The second kappa shape index (κ2) is 30.3. The highest BCUT2D eigenvalue weighted by molar-refractivity contribution is 7.17. The van der Waals surface area contributed by atoms with Crippen molar-refractivity contribution in [2.45, 2.75) is 167 Å². The molecular formula is C94H84N2O4S4. The third-order valence-corrected chi connectivity index (χ3v) is 26.4. The SMILES string of the molecule is [C-]#[N+]c1ccc2c(c1)C(=O)/C(=c1\cc/c(=C\c3cc4c(s3)-c3cc5c(cc3C4(c3ccc(CCCCCC)cc3)c3ccc(CCCCCC)cc3)-c3sc(/C=c4\cc/c(=C6/C(=O)c7ccc(C#N)cc7C6=O)s4)cc3C5(c3ccc(CCCCCC)cc3)c3ccc(CCCCCC)cc3)s1)C2=O. The van der Waals surface area contributed by atoms with Crippen LogP contribution in [0.15, 0.2) is 182 Å². The van der Waals surface area contributed by atoms with Gasteiger partial charge < -0.3 is 0 Å². The highest BCUT2D eigenvalue weighted by atomic mass is 32.1. The molecule has 0 bridgehead atoms. The molecule has 10 heteroatoms. The van der Waals surface area contributed by atoms with Crippen molar-refractivity contribution in [2.24, 2.45) is 0 Å². The summed E-state index contributed by atoms with van der Waals surface area (Å²) < 4.78 is 3.10. The number of unbranched alkanes of at least 4 members (excludes halogenated alkanes) is 12. The molecule has 0 aliphatic heterocycles. The van der Waals surface area contributed by atoms with Gasteiger partial charge in [-0.25, -0.2) is 4.85 Å². The summed E-state index contributed by atoms with van der Waals surface area (Å²) in [4.78, 5) is 64.5. The predicted molar refractivity (Wildman–Crippen MR) is 430 cm³/mol. The Kier molecular flexibility index (Phi) is 20.4. The molecule has 7 aromatic carbocycles. The number of carbonyl (C=O) groups excluding carboxylic acids is 4. The summed E-state index contributed by atoms with van der Waals surface area (Å²) in [5.41, 5.74) is 18.2. The van der Waals surface area contributed by atoms with E-state index < -0.39 is 10.8 Å². The van der Waals surface area contributed by atoms with Crippen molar-refractivity contribution in [1.82, 2.24) is 0 Å². The molecule has 0 radical (unpaired) electrons. The van der Waals surface area contributed by atoms with E-state index in [1.807, 2.05) is 46.9 Å². The molecule has 15 rings (SSSR count). The lowest BCUT2D eigenvalue weighted by Crippen LogP contribution is -2.30. The standard InChI is InChI=1S/C94H84N2O4S4/c1-6-10-14-18-22-59-26-35-64(36-27-59)93(65-37-28-60(29-38-65)23-19-15-11-7-2)79-57-78-80(56-77(79)91-81(93)54-71(103-91)52-69-44-48-83(101-69)85-87(97)73-46-34-63(58-95)50-75(73)89(85)99)94(66-39-30-61(31-40-66)24-20-16-12-8-3,67-41-32-62(33-42-67)25-21-17-13-9-4)82-55-72(104-92(78)82)53-70-45-49-84(102-70)86-88(98)74-47-43-68(96-5)51-76(74)90(86)100/h26-57H,6-25H2,1-4H3/b69-52+,70-53+,85-83+,86-84+. The summed E-state index contributed by atoms with van der Waals surface area (Å²) in [6, 6.07) is 68.0. The van der Waals surface area contributed by atoms with Crippen LogP contribution in [-0.2, 0) is 36.5 Å². The van der Waals surface area contributed by atoms with Gasteiger partial charge in [0.2, 0.25) is 0 Å². The molecule has 518 valence electrons. The summed E-state index contributed by atoms with van der Waals surface area (Å²) in [5.74, 6) is -1.28. The number of hydrogen-bond donors (Lipinski definition) is 0. The van der Waals surface area contributed by atoms with Gasteiger partial charge in [-0.3, -0.25) is 19.2 Å². The molecule has 11 aromatic rings. The van der Waals surface area contributed by atoms with Gasteiger partial charge in [-0.05, 0) is 214 Å². The predicted octanol–water partition coefficient (Wildman–Crippen LogP) is 21.7. The van der Waals surface area contributed by atoms with Crippen LogP contribution in [0.4, 0.5) is 5.69 Å². The van der Waals surface area contributed by atoms with Gasteiger partial charge in [0.15, 0.2) is 28.8 Å². The minimum atomic E-state index is -0.773. The normalized spacial score (nSPS) is 15.7. The van der Waals surface area contributed by atoms with Gasteiger partial charge in [0, 0.05) is 59.9 Å². The Bertz CT molecular complexity index is 5090. The third kappa shape index (κ3) is 12.7. The fourth-order valence-electron chi connectivity index (χ4n) is 16.7. The fraction of sp³-hybridized carbons (Fsp3) is 0.277. The number of carbonyl (C=O) groups is 4. The number of aryl methyl sites for hydroxylation is 4. The Hall–Kier alpha value is -9.52. The number of rotatable bonds is 26. The summed E-state index contributed by atoms with van der Waals surface area (Å²) in [6.45, 7) is 16.7. The molecule has 0 unspecified atom stereocenters. The second-order valence-corrected chi connectivity index (χ2v) is 33.1. The highest BCUT2D eigenvalue weighted by Crippen LogP contribution is 2.65. The third-order valence-electron chi connectivity index (χ3n) is 22.1.